The van der Waals surface area contributed by atoms with Crippen molar-refractivity contribution in [1.82, 2.24) is 4.90 Å². The van der Waals surface area contributed by atoms with Gasteiger partial charge in [-0.1, -0.05) is 92.5 Å². The van der Waals surface area contributed by atoms with Crippen LogP contribution in [0.1, 0.15) is 31.8 Å². The Morgan fingerprint density at radius 2 is 1.12 bits per heavy atom. The molecule has 0 atom stereocenters. The van der Waals surface area contributed by atoms with E-state index in [4.69, 9.17) is 14.6 Å². The first-order valence-corrected chi connectivity index (χ1v) is 13.4. The van der Waals surface area contributed by atoms with E-state index in [1.54, 1.807) is 20.2 Å². The standard InChI is InChI=1S/C16H15BrFNO2.C14H10BrFO3/c1-19(2)16(20)13-8-12(17)9-14(18)15(13)21-10-11-6-4-3-5-7-11;15-10-6-11(14(17)18)13(12(16)7-10)19-8-9-4-2-1-3-5-9/h3-9H,10H2,1-2H3;1-7H,8H2,(H,17,18). The fraction of sp³-hybridized carbons (Fsp3) is 0.133. The Balaban J connectivity index is 0.000000222. The second-order valence-corrected chi connectivity index (χ2v) is 10.4. The quantitative estimate of drug-likeness (QED) is 0.207. The lowest BCUT2D eigenvalue weighted by Gasteiger charge is -2.16. The number of carboxylic acid groups (broad SMARTS) is 1. The number of carboxylic acids is 1. The highest BCUT2D eigenvalue weighted by molar-refractivity contribution is 9.10. The third-order valence-electron chi connectivity index (χ3n) is 5.34. The summed E-state index contributed by atoms with van der Waals surface area (Å²) in [7, 11) is 3.23. The van der Waals surface area contributed by atoms with Gasteiger partial charge in [0.1, 0.15) is 18.8 Å². The van der Waals surface area contributed by atoms with Crippen molar-refractivity contribution in [2.45, 2.75) is 13.2 Å². The third-order valence-corrected chi connectivity index (χ3v) is 6.25. The van der Waals surface area contributed by atoms with Gasteiger partial charge in [0, 0.05) is 23.0 Å². The van der Waals surface area contributed by atoms with E-state index < -0.39 is 17.6 Å². The van der Waals surface area contributed by atoms with Gasteiger partial charge in [0.05, 0.1) is 5.56 Å². The second kappa shape index (κ2) is 14.6. The van der Waals surface area contributed by atoms with Gasteiger partial charge in [0.15, 0.2) is 23.1 Å². The van der Waals surface area contributed by atoms with Crippen molar-refractivity contribution >= 4 is 43.7 Å². The maximum atomic E-state index is 14.1. The average Bonchev–Trinajstić information content (AvgIpc) is 2.92. The molecule has 0 aliphatic carbocycles. The van der Waals surface area contributed by atoms with Crippen LogP contribution >= 0.6 is 31.9 Å². The van der Waals surface area contributed by atoms with Gasteiger partial charge in [-0.05, 0) is 35.4 Å². The fourth-order valence-corrected chi connectivity index (χ4v) is 4.29. The summed E-state index contributed by atoms with van der Waals surface area (Å²) in [5.74, 6) is -3.09. The summed E-state index contributed by atoms with van der Waals surface area (Å²) in [6, 6.07) is 23.9. The monoisotopic (exact) mass is 675 g/mol. The fourth-order valence-electron chi connectivity index (χ4n) is 3.43. The van der Waals surface area contributed by atoms with Gasteiger partial charge in [-0.3, -0.25) is 4.79 Å². The lowest BCUT2D eigenvalue weighted by atomic mass is 10.1. The number of halogens is 4. The van der Waals surface area contributed by atoms with Crippen molar-refractivity contribution in [1.29, 1.82) is 0 Å². The van der Waals surface area contributed by atoms with Crippen LogP contribution in [-0.2, 0) is 13.2 Å². The molecule has 0 saturated carbocycles. The predicted octanol–water partition coefficient (Wildman–Crippen LogP) is 7.73. The highest BCUT2D eigenvalue weighted by atomic mass is 79.9. The van der Waals surface area contributed by atoms with E-state index in [2.05, 4.69) is 31.9 Å². The molecule has 10 heteroatoms. The Labute approximate surface area is 247 Å². The van der Waals surface area contributed by atoms with E-state index in [0.29, 0.717) is 8.95 Å². The molecule has 0 saturated heterocycles. The number of hydrogen-bond acceptors (Lipinski definition) is 4. The molecule has 0 heterocycles. The van der Waals surface area contributed by atoms with Crippen LogP contribution in [0.4, 0.5) is 8.78 Å². The number of hydrogen-bond donors (Lipinski definition) is 1. The molecule has 0 aliphatic rings. The summed E-state index contributed by atoms with van der Waals surface area (Å²) in [5, 5.41) is 9.04. The highest BCUT2D eigenvalue weighted by Gasteiger charge is 2.20. The smallest absolute Gasteiger partial charge is 0.339 e. The molecule has 0 unspecified atom stereocenters. The Bertz CT molecular complexity index is 1470. The molecule has 1 amide bonds. The largest absolute Gasteiger partial charge is 0.485 e. The number of ether oxygens (including phenoxy) is 2. The summed E-state index contributed by atoms with van der Waals surface area (Å²) in [6.45, 7) is 0.312. The molecule has 4 aromatic rings. The Kier molecular flexibility index (Phi) is 11.2. The first kappa shape index (κ1) is 30.8. The Hall–Kier alpha value is -3.76. The van der Waals surface area contributed by atoms with Crippen LogP contribution in [0.2, 0.25) is 0 Å². The summed E-state index contributed by atoms with van der Waals surface area (Å²) in [4.78, 5) is 24.6. The van der Waals surface area contributed by atoms with E-state index in [9.17, 15) is 18.4 Å². The van der Waals surface area contributed by atoms with Gasteiger partial charge in [-0.2, -0.15) is 0 Å². The number of rotatable bonds is 8. The van der Waals surface area contributed by atoms with Crippen molar-refractivity contribution < 1.29 is 33.0 Å². The first-order chi connectivity index (χ1) is 19.1. The van der Waals surface area contributed by atoms with Crippen molar-refractivity contribution in [3.8, 4) is 11.5 Å². The number of nitrogens with zero attached hydrogens (tertiary/aromatic N) is 1. The van der Waals surface area contributed by atoms with Gasteiger partial charge in [0.2, 0.25) is 0 Å². The van der Waals surface area contributed by atoms with Gasteiger partial charge in [-0.15, -0.1) is 0 Å². The van der Waals surface area contributed by atoms with Crippen LogP contribution in [0.5, 0.6) is 11.5 Å². The molecule has 0 aromatic heterocycles. The number of amides is 1. The van der Waals surface area contributed by atoms with Crippen LogP contribution in [0.3, 0.4) is 0 Å². The minimum absolute atomic E-state index is 0.0271. The third kappa shape index (κ3) is 8.62. The van der Waals surface area contributed by atoms with Crippen molar-refractivity contribution in [2.75, 3.05) is 14.1 Å². The number of aromatic carboxylic acids is 1. The molecule has 0 spiro atoms. The number of benzene rings is 4. The number of carbonyl (C=O) groups is 2. The Morgan fingerprint density at radius 3 is 1.52 bits per heavy atom. The SMILES string of the molecule is CN(C)C(=O)c1cc(Br)cc(F)c1OCc1ccccc1.O=C(O)c1cc(Br)cc(F)c1OCc1ccccc1. The van der Waals surface area contributed by atoms with E-state index in [1.807, 2.05) is 60.7 Å². The second-order valence-electron chi connectivity index (χ2n) is 8.58. The minimum Gasteiger partial charge on any atom is -0.485 e. The Morgan fingerprint density at radius 1 is 0.725 bits per heavy atom. The first-order valence-electron chi connectivity index (χ1n) is 11.8. The van der Waals surface area contributed by atoms with Gasteiger partial charge in [0.25, 0.3) is 5.91 Å². The molecule has 1 N–H and O–H groups in total. The molecule has 4 aromatic carbocycles. The zero-order valence-electron chi connectivity index (χ0n) is 21.5. The molecule has 208 valence electrons. The van der Waals surface area contributed by atoms with Gasteiger partial charge >= 0.3 is 5.97 Å². The van der Waals surface area contributed by atoms with Crippen LogP contribution in [0.25, 0.3) is 0 Å². The van der Waals surface area contributed by atoms with Crippen LogP contribution in [-0.4, -0.2) is 36.0 Å². The zero-order valence-corrected chi connectivity index (χ0v) is 24.7. The summed E-state index contributed by atoms with van der Waals surface area (Å²) in [5.41, 5.74) is 1.73. The van der Waals surface area contributed by atoms with Gasteiger partial charge < -0.3 is 19.5 Å². The minimum atomic E-state index is -1.23. The molecule has 0 fully saturated rings. The van der Waals surface area contributed by atoms with E-state index in [-0.39, 0.29) is 41.7 Å². The van der Waals surface area contributed by atoms with Crippen LogP contribution in [0, 0.1) is 11.6 Å². The van der Waals surface area contributed by atoms with Crippen molar-refractivity contribution in [2.24, 2.45) is 0 Å². The normalized spacial score (nSPS) is 10.2. The molecule has 0 radical (unpaired) electrons. The summed E-state index contributed by atoms with van der Waals surface area (Å²) >= 11 is 6.25. The van der Waals surface area contributed by atoms with Crippen LogP contribution in [0.15, 0.2) is 93.9 Å². The van der Waals surface area contributed by atoms with Crippen LogP contribution < -0.4 is 9.47 Å². The summed E-state index contributed by atoms with van der Waals surface area (Å²) < 4.78 is 39.6. The average molecular weight is 677 g/mol. The summed E-state index contributed by atoms with van der Waals surface area (Å²) in [6.07, 6.45) is 0. The molecule has 0 aliphatic heterocycles. The van der Waals surface area contributed by atoms with Crippen molar-refractivity contribution in [3.63, 3.8) is 0 Å². The lowest BCUT2D eigenvalue weighted by Crippen LogP contribution is -2.22. The molecule has 0 bridgehead atoms. The molecular weight excluding hydrogens is 652 g/mol. The van der Waals surface area contributed by atoms with Crippen molar-refractivity contribution in [3.05, 3.63) is 128 Å². The van der Waals surface area contributed by atoms with E-state index >= 15 is 0 Å². The molecule has 6 nitrogen and oxygen atoms in total. The highest BCUT2D eigenvalue weighted by Crippen LogP contribution is 2.30. The molecule has 4 rings (SSSR count). The maximum absolute atomic E-state index is 14.1. The number of carbonyl (C=O) groups excluding carboxylic acids is 1. The maximum Gasteiger partial charge on any atom is 0.339 e. The molecule has 40 heavy (non-hydrogen) atoms. The molecular formula is C30H25Br2F2NO5. The topological polar surface area (TPSA) is 76.1 Å². The predicted molar refractivity (Wildman–Crippen MR) is 155 cm³/mol. The van der Waals surface area contributed by atoms with Gasteiger partial charge in [-0.25, -0.2) is 13.6 Å². The lowest BCUT2D eigenvalue weighted by molar-refractivity contribution is 0.0689. The zero-order chi connectivity index (χ0) is 29.2. The van der Waals surface area contributed by atoms with E-state index in [0.717, 1.165) is 11.1 Å². The van der Waals surface area contributed by atoms with E-state index in [1.165, 1.54) is 23.1 Å².